The van der Waals surface area contributed by atoms with Gasteiger partial charge in [-0.3, -0.25) is 4.90 Å². The third kappa shape index (κ3) is 5.53. The highest BCUT2D eigenvalue weighted by molar-refractivity contribution is 7.09. The minimum atomic E-state index is 0.227. The van der Waals surface area contributed by atoms with Crippen LogP contribution in [0.2, 0.25) is 0 Å². The van der Waals surface area contributed by atoms with Crippen molar-refractivity contribution in [2.75, 3.05) is 24.2 Å². The lowest BCUT2D eigenvalue weighted by atomic mass is 10.1. The van der Waals surface area contributed by atoms with Crippen molar-refractivity contribution >= 4 is 28.9 Å². The second kappa shape index (κ2) is 9.97. The summed E-state index contributed by atoms with van der Waals surface area (Å²) in [7, 11) is 0. The third-order valence-electron chi connectivity index (χ3n) is 5.15. The highest BCUT2D eigenvalue weighted by atomic mass is 32.1. The maximum Gasteiger partial charge on any atom is 0.232 e. The maximum absolute atomic E-state index is 6.02. The van der Waals surface area contributed by atoms with E-state index in [1.54, 1.807) is 11.3 Å². The predicted molar refractivity (Wildman–Crippen MR) is 121 cm³/mol. The minimum absolute atomic E-state index is 0.227. The summed E-state index contributed by atoms with van der Waals surface area (Å²) in [6.45, 7) is 5.26. The molecule has 0 unspecified atom stereocenters. The van der Waals surface area contributed by atoms with Crippen molar-refractivity contribution in [2.24, 2.45) is 0 Å². The molecule has 3 N–H and O–H groups in total. The molecule has 30 heavy (non-hydrogen) atoms. The molecule has 1 atom stereocenters. The molecule has 0 spiro atoms. The van der Waals surface area contributed by atoms with Crippen LogP contribution in [0.5, 0.6) is 0 Å². The Morgan fingerprint density at radius 3 is 2.83 bits per heavy atom. The number of para-hydroxylation sites is 1. The van der Waals surface area contributed by atoms with Crippen molar-refractivity contribution in [1.29, 1.82) is 0 Å². The zero-order valence-electron chi connectivity index (χ0n) is 17.3. The Labute approximate surface area is 181 Å². The summed E-state index contributed by atoms with van der Waals surface area (Å²) in [4.78, 5) is 17.0. The van der Waals surface area contributed by atoms with Crippen LogP contribution in [0.1, 0.15) is 36.0 Å². The van der Waals surface area contributed by atoms with Crippen molar-refractivity contribution in [1.82, 2.24) is 19.9 Å². The lowest BCUT2D eigenvalue weighted by Crippen LogP contribution is -2.32. The summed E-state index contributed by atoms with van der Waals surface area (Å²) < 4.78 is 5.86. The molecule has 0 aliphatic carbocycles. The van der Waals surface area contributed by atoms with Gasteiger partial charge >= 0.3 is 0 Å². The number of nitrogen functional groups attached to an aromatic ring is 1. The fraction of sp³-hybridized carbons (Fsp3) is 0.409. The van der Waals surface area contributed by atoms with Crippen LogP contribution in [0.3, 0.4) is 0 Å². The molecule has 7 nitrogen and oxygen atoms in total. The number of nitrogens with two attached hydrogens (primary N) is 1. The average molecular weight is 425 g/mol. The van der Waals surface area contributed by atoms with E-state index in [2.05, 4.69) is 55.7 Å². The number of ether oxygens (including phenoxy) is 1. The van der Waals surface area contributed by atoms with Gasteiger partial charge in [0.2, 0.25) is 11.9 Å². The highest BCUT2D eigenvalue weighted by Gasteiger charge is 2.21. The van der Waals surface area contributed by atoms with Gasteiger partial charge in [0, 0.05) is 30.3 Å². The summed E-state index contributed by atoms with van der Waals surface area (Å²) in [5.41, 5.74) is 8.21. The lowest BCUT2D eigenvalue weighted by Gasteiger charge is -2.24. The predicted octanol–water partition coefficient (Wildman–Crippen LogP) is 4.00. The monoisotopic (exact) mass is 424 g/mol. The number of hydrogen-bond acceptors (Lipinski definition) is 8. The van der Waals surface area contributed by atoms with Gasteiger partial charge in [-0.05, 0) is 42.3 Å². The van der Waals surface area contributed by atoms with Crippen LogP contribution in [0.15, 0.2) is 41.8 Å². The SMILES string of the molecule is CCc1ccccc1Nc1nc(N)nc(CN(Cc2cccs2)C[C@H]2CCCO2)n1. The van der Waals surface area contributed by atoms with Crippen LogP contribution < -0.4 is 11.1 Å². The second-order valence-electron chi connectivity index (χ2n) is 7.45. The molecule has 1 aliphatic heterocycles. The summed E-state index contributed by atoms with van der Waals surface area (Å²) in [6, 6.07) is 12.4. The van der Waals surface area contributed by atoms with E-state index in [1.165, 1.54) is 10.4 Å². The quantitative estimate of drug-likeness (QED) is 0.536. The van der Waals surface area contributed by atoms with Gasteiger partial charge in [0.05, 0.1) is 12.6 Å². The van der Waals surface area contributed by atoms with E-state index >= 15 is 0 Å². The molecule has 1 fully saturated rings. The maximum atomic E-state index is 6.02. The molecule has 2 aromatic heterocycles. The number of nitrogens with one attached hydrogen (secondary N) is 1. The molecule has 0 bridgehead atoms. The minimum Gasteiger partial charge on any atom is -0.377 e. The van der Waals surface area contributed by atoms with E-state index in [9.17, 15) is 0 Å². The van der Waals surface area contributed by atoms with Gasteiger partial charge in [0.1, 0.15) is 5.82 Å². The van der Waals surface area contributed by atoms with Gasteiger partial charge in [0.25, 0.3) is 0 Å². The first-order valence-electron chi connectivity index (χ1n) is 10.4. The number of hydrogen-bond donors (Lipinski definition) is 2. The largest absolute Gasteiger partial charge is 0.377 e. The van der Waals surface area contributed by atoms with E-state index in [0.29, 0.717) is 18.3 Å². The van der Waals surface area contributed by atoms with Crippen molar-refractivity contribution in [3.63, 3.8) is 0 Å². The number of thiophene rings is 1. The van der Waals surface area contributed by atoms with E-state index in [-0.39, 0.29) is 12.1 Å². The number of nitrogens with zero attached hydrogens (tertiary/aromatic N) is 4. The Balaban J connectivity index is 1.51. The van der Waals surface area contributed by atoms with Gasteiger partial charge in [-0.25, -0.2) is 0 Å². The smallest absolute Gasteiger partial charge is 0.232 e. The molecule has 4 rings (SSSR count). The fourth-order valence-electron chi connectivity index (χ4n) is 3.72. The van der Waals surface area contributed by atoms with Crippen molar-refractivity contribution in [3.8, 4) is 0 Å². The van der Waals surface area contributed by atoms with Crippen LogP contribution in [0, 0.1) is 0 Å². The second-order valence-corrected chi connectivity index (χ2v) is 8.49. The Kier molecular flexibility index (Phi) is 6.88. The van der Waals surface area contributed by atoms with E-state index in [0.717, 1.165) is 44.6 Å². The third-order valence-corrected chi connectivity index (χ3v) is 6.02. The molecule has 3 heterocycles. The van der Waals surface area contributed by atoms with Gasteiger partial charge in [-0.1, -0.05) is 31.2 Å². The molecule has 1 saturated heterocycles. The molecule has 0 amide bonds. The Bertz CT molecular complexity index is 943. The molecule has 1 aliphatic rings. The van der Waals surface area contributed by atoms with Gasteiger partial charge in [0.15, 0.2) is 0 Å². The standard InChI is InChI=1S/C22H28N6OS/c1-2-16-7-3-4-10-19(16)24-22-26-20(25-21(23)27-22)15-28(13-17-8-5-11-29-17)14-18-9-6-12-30-18/h3-4,6-7,9-10,12,17H,2,5,8,11,13-15H2,1H3,(H3,23,24,25,26,27)/t17-/m1/s1. The number of rotatable bonds is 9. The van der Waals surface area contributed by atoms with Gasteiger partial charge in [-0.15, -0.1) is 11.3 Å². The fourth-order valence-corrected chi connectivity index (χ4v) is 4.47. The van der Waals surface area contributed by atoms with Crippen molar-refractivity contribution in [2.45, 2.75) is 45.4 Å². The topological polar surface area (TPSA) is 89.2 Å². The molecule has 3 aromatic rings. The van der Waals surface area contributed by atoms with Crippen molar-refractivity contribution < 1.29 is 4.74 Å². The molecule has 0 radical (unpaired) electrons. The Morgan fingerprint density at radius 2 is 2.07 bits per heavy atom. The van der Waals surface area contributed by atoms with Crippen LogP contribution in [-0.2, 0) is 24.2 Å². The molecule has 158 valence electrons. The normalized spacial score (nSPS) is 16.3. The molecular weight excluding hydrogens is 396 g/mol. The molecule has 8 heteroatoms. The number of aromatic nitrogens is 3. The van der Waals surface area contributed by atoms with Crippen LogP contribution >= 0.6 is 11.3 Å². The lowest BCUT2D eigenvalue weighted by molar-refractivity contribution is 0.0674. The average Bonchev–Trinajstić information content (AvgIpc) is 3.42. The summed E-state index contributed by atoms with van der Waals surface area (Å²) in [6.07, 6.45) is 3.41. The summed E-state index contributed by atoms with van der Waals surface area (Å²) >= 11 is 1.76. The van der Waals surface area contributed by atoms with E-state index in [4.69, 9.17) is 10.5 Å². The molecule has 1 aromatic carbocycles. The number of aryl methyl sites for hydroxylation is 1. The number of anilines is 3. The van der Waals surface area contributed by atoms with Gasteiger partial charge in [-0.2, -0.15) is 15.0 Å². The highest BCUT2D eigenvalue weighted by Crippen LogP contribution is 2.21. The van der Waals surface area contributed by atoms with Crippen LogP contribution in [0.4, 0.5) is 17.6 Å². The first-order valence-corrected chi connectivity index (χ1v) is 11.3. The first kappa shape index (κ1) is 20.7. The first-order chi connectivity index (χ1) is 14.7. The van der Waals surface area contributed by atoms with Crippen molar-refractivity contribution in [3.05, 3.63) is 58.0 Å². The zero-order chi connectivity index (χ0) is 20.8. The Morgan fingerprint density at radius 1 is 1.17 bits per heavy atom. The van der Waals surface area contributed by atoms with E-state index in [1.807, 2.05) is 18.2 Å². The van der Waals surface area contributed by atoms with Crippen LogP contribution in [-0.4, -0.2) is 39.1 Å². The molecule has 0 saturated carbocycles. The summed E-state index contributed by atoms with van der Waals surface area (Å²) in [5, 5.41) is 5.42. The zero-order valence-corrected chi connectivity index (χ0v) is 18.1. The Hall–Kier alpha value is -2.55. The van der Waals surface area contributed by atoms with Crippen LogP contribution in [0.25, 0.3) is 0 Å². The van der Waals surface area contributed by atoms with E-state index < -0.39 is 0 Å². The summed E-state index contributed by atoms with van der Waals surface area (Å²) in [5.74, 6) is 1.37. The molecular formula is C22H28N6OS. The number of benzene rings is 1. The van der Waals surface area contributed by atoms with Gasteiger partial charge < -0.3 is 15.8 Å².